The first-order chi connectivity index (χ1) is 5.33. The van der Waals surface area contributed by atoms with Crippen LogP contribution in [0.1, 0.15) is 19.1 Å². The number of thioether (sulfide) groups is 1. The summed E-state index contributed by atoms with van der Waals surface area (Å²) in [7, 11) is 0. The molecule has 62 valence electrons. The largest absolute Gasteiger partial charge is 0.453 e. The summed E-state index contributed by atoms with van der Waals surface area (Å²) in [5, 5.41) is 0. The van der Waals surface area contributed by atoms with Crippen molar-refractivity contribution in [3.05, 3.63) is 22.6 Å². The number of furan rings is 1. The van der Waals surface area contributed by atoms with Gasteiger partial charge < -0.3 is 4.42 Å². The maximum absolute atomic E-state index is 5.33. The fourth-order valence-electron chi connectivity index (χ4n) is 0.746. The van der Waals surface area contributed by atoms with Gasteiger partial charge in [0.05, 0.1) is 5.75 Å². The van der Waals surface area contributed by atoms with Gasteiger partial charge in [-0.3, -0.25) is 0 Å². The van der Waals surface area contributed by atoms with E-state index in [0.717, 1.165) is 16.2 Å². The molecule has 0 radical (unpaired) electrons. The SMILES string of the molecule is CCCSCc1ccc(Br)o1. The Morgan fingerprint density at radius 2 is 2.36 bits per heavy atom. The van der Waals surface area contributed by atoms with Gasteiger partial charge in [-0.1, -0.05) is 6.92 Å². The van der Waals surface area contributed by atoms with E-state index in [9.17, 15) is 0 Å². The number of rotatable bonds is 4. The number of hydrogen-bond donors (Lipinski definition) is 0. The Morgan fingerprint density at radius 3 is 2.91 bits per heavy atom. The molecule has 0 aliphatic heterocycles. The predicted octanol–water partition coefficient (Wildman–Crippen LogP) is 3.69. The van der Waals surface area contributed by atoms with Gasteiger partial charge in [-0.2, -0.15) is 11.8 Å². The third-order valence-corrected chi connectivity index (χ3v) is 2.83. The molecule has 1 heterocycles. The lowest BCUT2D eigenvalue weighted by Crippen LogP contribution is -1.77. The highest BCUT2D eigenvalue weighted by molar-refractivity contribution is 9.10. The van der Waals surface area contributed by atoms with Crippen LogP contribution in [0, 0.1) is 0 Å². The second-order valence-corrected chi connectivity index (χ2v) is 4.15. The van der Waals surface area contributed by atoms with Crippen LogP contribution in [-0.2, 0) is 5.75 Å². The van der Waals surface area contributed by atoms with Crippen molar-refractivity contribution in [2.75, 3.05) is 5.75 Å². The summed E-state index contributed by atoms with van der Waals surface area (Å²) < 4.78 is 6.15. The Kier molecular flexibility index (Phi) is 4.08. The van der Waals surface area contributed by atoms with Crippen molar-refractivity contribution in [3.8, 4) is 0 Å². The van der Waals surface area contributed by atoms with Gasteiger partial charge in [-0.05, 0) is 40.2 Å². The summed E-state index contributed by atoms with van der Waals surface area (Å²) >= 11 is 5.17. The van der Waals surface area contributed by atoms with E-state index in [1.54, 1.807) is 0 Å². The Morgan fingerprint density at radius 1 is 1.55 bits per heavy atom. The third kappa shape index (κ3) is 3.34. The van der Waals surface area contributed by atoms with Gasteiger partial charge in [0, 0.05) is 0 Å². The molecule has 1 aromatic rings. The zero-order chi connectivity index (χ0) is 8.10. The molecular weight excluding hydrogens is 224 g/mol. The van der Waals surface area contributed by atoms with Crippen molar-refractivity contribution in [2.24, 2.45) is 0 Å². The molecule has 3 heteroatoms. The second kappa shape index (κ2) is 4.88. The molecule has 1 nitrogen and oxygen atoms in total. The Balaban J connectivity index is 2.27. The van der Waals surface area contributed by atoms with Crippen molar-refractivity contribution in [2.45, 2.75) is 19.1 Å². The fraction of sp³-hybridized carbons (Fsp3) is 0.500. The van der Waals surface area contributed by atoms with E-state index in [1.165, 1.54) is 12.2 Å². The third-order valence-electron chi connectivity index (χ3n) is 1.22. The van der Waals surface area contributed by atoms with Crippen LogP contribution in [0.3, 0.4) is 0 Å². The standard InChI is InChI=1S/C8H11BrOS/c1-2-5-11-6-7-3-4-8(9)10-7/h3-4H,2,5-6H2,1H3. The van der Waals surface area contributed by atoms with Gasteiger partial charge >= 0.3 is 0 Å². The van der Waals surface area contributed by atoms with Crippen molar-refractivity contribution in [3.63, 3.8) is 0 Å². The number of hydrogen-bond acceptors (Lipinski definition) is 2. The van der Waals surface area contributed by atoms with Gasteiger partial charge in [0.2, 0.25) is 0 Å². The molecule has 0 aliphatic rings. The molecule has 1 rings (SSSR count). The zero-order valence-corrected chi connectivity index (χ0v) is 8.87. The Hall–Kier alpha value is 0.110. The van der Waals surface area contributed by atoms with E-state index < -0.39 is 0 Å². The van der Waals surface area contributed by atoms with Crippen LogP contribution in [0.15, 0.2) is 21.2 Å². The van der Waals surface area contributed by atoms with Crippen molar-refractivity contribution in [1.82, 2.24) is 0 Å². The van der Waals surface area contributed by atoms with Crippen molar-refractivity contribution >= 4 is 27.7 Å². The summed E-state index contributed by atoms with van der Waals surface area (Å²) in [6, 6.07) is 3.94. The topological polar surface area (TPSA) is 13.1 Å². The molecule has 0 spiro atoms. The van der Waals surface area contributed by atoms with E-state index in [-0.39, 0.29) is 0 Å². The van der Waals surface area contributed by atoms with Crippen LogP contribution in [0.25, 0.3) is 0 Å². The summed E-state index contributed by atoms with van der Waals surface area (Å²) in [5.41, 5.74) is 0. The zero-order valence-electron chi connectivity index (χ0n) is 6.47. The van der Waals surface area contributed by atoms with Crippen LogP contribution < -0.4 is 0 Å². The fourth-order valence-corrected chi connectivity index (χ4v) is 1.88. The minimum Gasteiger partial charge on any atom is -0.453 e. The van der Waals surface area contributed by atoms with Crippen LogP contribution in [0.2, 0.25) is 0 Å². The van der Waals surface area contributed by atoms with Crippen LogP contribution in [0.5, 0.6) is 0 Å². The molecule has 0 N–H and O–H groups in total. The monoisotopic (exact) mass is 234 g/mol. The van der Waals surface area contributed by atoms with Crippen LogP contribution in [-0.4, -0.2) is 5.75 Å². The molecule has 0 bridgehead atoms. The maximum Gasteiger partial charge on any atom is 0.169 e. The Labute approximate surface area is 79.7 Å². The normalized spacial score (nSPS) is 10.4. The summed E-state index contributed by atoms with van der Waals surface area (Å²) in [5.74, 6) is 3.24. The van der Waals surface area contributed by atoms with E-state index in [1.807, 2.05) is 23.9 Å². The average molecular weight is 235 g/mol. The van der Waals surface area contributed by atoms with Crippen molar-refractivity contribution < 1.29 is 4.42 Å². The molecule has 1 aromatic heterocycles. The van der Waals surface area contributed by atoms with Gasteiger partial charge in [0.15, 0.2) is 4.67 Å². The van der Waals surface area contributed by atoms with Crippen molar-refractivity contribution in [1.29, 1.82) is 0 Å². The summed E-state index contributed by atoms with van der Waals surface area (Å²) in [4.78, 5) is 0. The highest BCUT2D eigenvalue weighted by Gasteiger charge is 1.97. The van der Waals surface area contributed by atoms with E-state index in [0.29, 0.717) is 0 Å². The maximum atomic E-state index is 5.33. The minimum atomic E-state index is 0.824. The quantitative estimate of drug-likeness (QED) is 0.738. The van der Waals surface area contributed by atoms with E-state index >= 15 is 0 Å². The Bertz CT molecular complexity index is 210. The molecule has 0 fully saturated rings. The van der Waals surface area contributed by atoms with Gasteiger partial charge in [-0.15, -0.1) is 0 Å². The van der Waals surface area contributed by atoms with Crippen LogP contribution in [0.4, 0.5) is 0 Å². The van der Waals surface area contributed by atoms with Gasteiger partial charge in [0.25, 0.3) is 0 Å². The highest BCUT2D eigenvalue weighted by Crippen LogP contribution is 2.19. The van der Waals surface area contributed by atoms with Crippen LogP contribution >= 0.6 is 27.7 Å². The molecule has 0 aromatic carbocycles. The molecule has 0 aliphatic carbocycles. The number of halogens is 1. The lowest BCUT2D eigenvalue weighted by atomic mass is 10.5. The lowest BCUT2D eigenvalue weighted by molar-refractivity contribution is 0.507. The van der Waals surface area contributed by atoms with Gasteiger partial charge in [0.1, 0.15) is 5.76 Å². The second-order valence-electron chi connectivity index (χ2n) is 2.26. The van der Waals surface area contributed by atoms with Gasteiger partial charge in [-0.25, -0.2) is 0 Å². The molecule has 0 atom stereocenters. The molecule has 0 amide bonds. The van der Waals surface area contributed by atoms with E-state index in [4.69, 9.17) is 4.42 Å². The first-order valence-electron chi connectivity index (χ1n) is 3.65. The molecule has 0 saturated heterocycles. The highest BCUT2D eigenvalue weighted by atomic mass is 79.9. The molecule has 0 unspecified atom stereocenters. The molecule has 0 saturated carbocycles. The van der Waals surface area contributed by atoms with E-state index in [2.05, 4.69) is 22.9 Å². The minimum absolute atomic E-state index is 0.824. The smallest absolute Gasteiger partial charge is 0.169 e. The first kappa shape index (κ1) is 9.20. The molecule has 11 heavy (non-hydrogen) atoms. The summed E-state index contributed by atoms with van der Waals surface area (Å²) in [6.07, 6.45) is 1.23. The summed E-state index contributed by atoms with van der Waals surface area (Å²) in [6.45, 7) is 2.19. The first-order valence-corrected chi connectivity index (χ1v) is 5.59. The predicted molar refractivity (Wildman–Crippen MR) is 52.9 cm³/mol. The molecular formula is C8H11BrOS. The average Bonchev–Trinajstić information content (AvgIpc) is 2.37. The lowest BCUT2D eigenvalue weighted by Gasteiger charge is -1.94.